The molecule has 0 radical (unpaired) electrons. The van der Waals surface area contributed by atoms with Crippen LogP contribution in [-0.4, -0.2) is 11.2 Å². The second-order valence-corrected chi connectivity index (χ2v) is 2.24. The number of halogens is 2. The predicted molar refractivity (Wildman–Crippen MR) is 36.2 cm³/mol. The van der Waals surface area contributed by atoms with E-state index in [9.17, 15) is 4.39 Å². The Morgan fingerprint density at radius 2 is 2.38 bits per heavy atom. The van der Waals surface area contributed by atoms with Gasteiger partial charge in [-0.05, 0) is 0 Å². The standard InChI is InChI=1S/C4H6FIO2/c1-3-8-4(5,6)7-2/h3H,1H2,2H3. The minimum Gasteiger partial charge on any atom is -0.437 e. The second kappa shape index (κ2) is 3.24. The normalized spacial score (nSPS) is 16.9. The van der Waals surface area contributed by atoms with Crippen molar-refractivity contribution in [2.24, 2.45) is 0 Å². The van der Waals surface area contributed by atoms with Crippen LogP contribution in [0.5, 0.6) is 0 Å². The highest BCUT2D eigenvalue weighted by atomic mass is 127. The van der Waals surface area contributed by atoms with Crippen molar-refractivity contribution in [2.45, 2.75) is 4.05 Å². The zero-order chi connectivity index (χ0) is 6.62. The molecule has 0 rings (SSSR count). The molecule has 0 aliphatic carbocycles. The molecule has 2 nitrogen and oxygen atoms in total. The number of methoxy groups -OCH3 is 1. The molecule has 0 bridgehead atoms. The lowest BCUT2D eigenvalue weighted by molar-refractivity contribution is -0.187. The molecular weight excluding hydrogens is 226 g/mol. The lowest BCUT2D eigenvalue weighted by atomic mass is 11.1. The molecule has 8 heavy (non-hydrogen) atoms. The first-order valence-corrected chi connectivity index (χ1v) is 2.92. The van der Waals surface area contributed by atoms with Gasteiger partial charge in [0.15, 0.2) is 0 Å². The largest absolute Gasteiger partial charge is 0.437 e. The number of hydrogen-bond donors (Lipinski definition) is 0. The van der Waals surface area contributed by atoms with Gasteiger partial charge in [0, 0.05) is 29.7 Å². The number of hydrogen-bond acceptors (Lipinski definition) is 2. The van der Waals surface area contributed by atoms with Gasteiger partial charge in [-0.25, -0.2) is 0 Å². The monoisotopic (exact) mass is 232 g/mol. The van der Waals surface area contributed by atoms with Gasteiger partial charge in [0.2, 0.25) is 0 Å². The van der Waals surface area contributed by atoms with Gasteiger partial charge in [-0.3, -0.25) is 0 Å². The average molecular weight is 232 g/mol. The zero-order valence-electron chi connectivity index (χ0n) is 4.36. The summed E-state index contributed by atoms with van der Waals surface area (Å²) < 4.78 is 18.7. The molecule has 0 saturated heterocycles. The zero-order valence-corrected chi connectivity index (χ0v) is 6.51. The maximum Gasteiger partial charge on any atom is 0.416 e. The Bertz CT molecular complexity index is 84.1. The van der Waals surface area contributed by atoms with Crippen LogP contribution in [0, 0.1) is 0 Å². The summed E-state index contributed by atoms with van der Waals surface area (Å²) in [6, 6.07) is 0. The Labute approximate surface area is 60.8 Å². The molecule has 0 saturated carbocycles. The summed E-state index contributed by atoms with van der Waals surface area (Å²) in [5.41, 5.74) is 0. The van der Waals surface area contributed by atoms with Crippen LogP contribution >= 0.6 is 22.6 Å². The topological polar surface area (TPSA) is 18.5 Å². The molecule has 0 spiro atoms. The van der Waals surface area contributed by atoms with Gasteiger partial charge >= 0.3 is 4.05 Å². The molecule has 48 valence electrons. The third kappa shape index (κ3) is 3.20. The fourth-order valence-corrected chi connectivity index (χ4v) is 0.325. The maximum absolute atomic E-state index is 12.3. The van der Waals surface area contributed by atoms with E-state index in [4.69, 9.17) is 0 Å². The SMILES string of the molecule is C=COC(F)(I)OC. The number of ether oxygens (including phenoxy) is 2. The first-order valence-electron chi connectivity index (χ1n) is 1.84. The molecule has 0 heterocycles. The van der Waals surface area contributed by atoms with Gasteiger partial charge in [0.05, 0.1) is 6.26 Å². The van der Waals surface area contributed by atoms with E-state index in [1.54, 1.807) is 0 Å². The molecule has 0 aromatic heterocycles. The fraction of sp³-hybridized carbons (Fsp3) is 0.500. The van der Waals surface area contributed by atoms with E-state index in [1.165, 1.54) is 29.7 Å². The Balaban J connectivity index is 3.53. The molecule has 1 unspecified atom stereocenters. The third-order valence-electron chi connectivity index (χ3n) is 0.458. The van der Waals surface area contributed by atoms with E-state index in [-0.39, 0.29) is 0 Å². The van der Waals surface area contributed by atoms with Gasteiger partial charge in [-0.15, -0.1) is 0 Å². The molecule has 0 fully saturated rings. The van der Waals surface area contributed by atoms with Crippen LogP contribution in [0.4, 0.5) is 4.39 Å². The van der Waals surface area contributed by atoms with Crippen LogP contribution < -0.4 is 0 Å². The highest BCUT2D eigenvalue weighted by Crippen LogP contribution is 2.22. The van der Waals surface area contributed by atoms with Gasteiger partial charge in [0.25, 0.3) is 0 Å². The van der Waals surface area contributed by atoms with Crippen LogP contribution in [-0.2, 0) is 9.47 Å². The van der Waals surface area contributed by atoms with Crippen molar-refractivity contribution in [3.05, 3.63) is 12.8 Å². The molecule has 1 atom stereocenters. The fourth-order valence-electron chi connectivity index (χ4n) is 0.145. The van der Waals surface area contributed by atoms with E-state index in [0.29, 0.717) is 0 Å². The van der Waals surface area contributed by atoms with Gasteiger partial charge < -0.3 is 9.47 Å². The van der Waals surface area contributed by atoms with Crippen molar-refractivity contribution in [1.82, 2.24) is 0 Å². The third-order valence-corrected chi connectivity index (χ3v) is 1.15. The Morgan fingerprint density at radius 1 is 1.88 bits per heavy atom. The Hall–Kier alpha value is 0.160. The first-order chi connectivity index (χ1) is 3.62. The summed E-state index contributed by atoms with van der Waals surface area (Å²) in [5, 5.41) is 0. The Kier molecular flexibility index (Phi) is 3.30. The van der Waals surface area contributed by atoms with E-state index in [1.807, 2.05) is 0 Å². The van der Waals surface area contributed by atoms with E-state index < -0.39 is 4.05 Å². The van der Waals surface area contributed by atoms with Crippen LogP contribution in [0.2, 0.25) is 0 Å². The van der Waals surface area contributed by atoms with Crippen molar-refractivity contribution in [2.75, 3.05) is 7.11 Å². The summed E-state index contributed by atoms with van der Waals surface area (Å²) in [7, 11) is 1.20. The molecule has 0 aliphatic heterocycles. The van der Waals surface area contributed by atoms with Gasteiger partial charge in [0.1, 0.15) is 0 Å². The summed E-state index contributed by atoms with van der Waals surface area (Å²) in [6.07, 6.45) is 0.982. The van der Waals surface area contributed by atoms with Crippen LogP contribution in [0.1, 0.15) is 0 Å². The average Bonchev–Trinajstić information content (AvgIpc) is 1.67. The summed E-state index contributed by atoms with van der Waals surface area (Å²) >= 11 is 1.36. The van der Waals surface area contributed by atoms with Crippen molar-refractivity contribution in [3.8, 4) is 0 Å². The van der Waals surface area contributed by atoms with Crippen LogP contribution in [0.3, 0.4) is 0 Å². The van der Waals surface area contributed by atoms with E-state index in [0.717, 1.165) is 6.26 Å². The second-order valence-electron chi connectivity index (χ2n) is 0.952. The van der Waals surface area contributed by atoms with E-state index >= 15 is 0 Å². The summed E-state index contributed by atoms with van der Waals surface area (Å²) in [6.45, 7) is 3.15. The maximum atomic E-state index is 12.3. The minimum atomic E-state index is -2.06. The van der Waals surface area contributed by atoms with E-state index in [2.05, 4.69) is 16.1 Å². The van der Waals surface area contributed by atoms with Gasteiger partial charge in [-0.2, -0.15) is 4.39 Å². The number of alkyl halides is 2. The molecular formula is C4H6FIO2. The highest BCUT2D eigenvalue weighted by Gasteiger charge is 2.24. The smallest absolute Gasteiger partial charge is 0.416 e. The molecule has 0 aromatic carbocycles. The van der Waals surface area contributed by atoms with Crippen molar-refractivity contribution in [1.29, 1.82) is 0 Å². The van der Waals surface area contributed by atoms with Crippen molar-refractivity contribution >= 4 is 22.6 Å². The lowest BCUT2D eigenvalue weighted by Gasteiger charge is -2.13. The molecule has 4 heteroatoms. The predicted octanol–water partition coefficient (Wildman–Crippen LogP) is 1.81. The lowest BCUT2D eigenvalue weighted by Crippen LogP contribution is -2.16. The van der Waals surface area contributed by atoms with Crippen molar-refractivity contribution < 1.29 is 13.9 Å². The van der Waals surface area contributed by atoms with Gasteiger partial charge in [-0.1, -0.05) is 6.58 Å². The van der Waals surface area contributed by atoms with Crippen LogP contribution in [0.25, 0.3) is 0 Å². The Morgan fingerprint density at radius 3 is 2.50 bits per heavy atom. The molecule has 0 aromatic rings. The summed E-state index contributed by atoms with van der Waals surface area (Å²) in [4.78, 5) is 0. The highest BCUT2D eigenvalue weighted by molar-refractivity contribution is 14.1. The minimum absolute atomic E-state index is 0.982. The number of rotatable bonds is 3. The molecule has 0 N–H and O–H groups in total. The van der Waals surface area contributed by atoms with Crippen LogP contribution in [0.15, 0.2) is 12.8 Å². The first kappa shape index (κ1) is 8.16. The molecule has 0 amide bonds. The summed E-state index contributed by atoms with van der Waals surface area (Å²) in [5.74, 6) is 0. The van der Waals surface area contributed by atoms with Crippen molar-refractivity contribution in [3.63, 3.8) is 0 Å². The quantitative estimate of drug-likeness (QED) is 0.319. The molecule has 0 aliphatic rings.